The molecule has 0 spiro atoms. The Hall–Kier alpha value is -1.65. The molecule has 154 valence electrons. The van der Waals surface area contributed by atoms with E-state index in [2.05, 4.69) is 13.8 Å². The summed E-state index contributed by atoms with van der Waals surface area (Å²) in [7, 11) is 0. The Labute approximate surface area is 168 Å². The van der Waals surface area contributed by atoms with Gasteiger partial charge in [-0.3, -0.25) is 0 Å². The molecule has 1 aromatic rings. The van der Waals surface area contributed by atoms with E-state index in [0.29, 0.717) is 18.8 Å². The van der Waals surface area contributed by atoms with E-state index in [0.717, 1.165) is 18.4 Å². The normalized spacial score (nSPS) is 38.4. The maximum Gasteiger partial charge on any atom is 0.331 e. The molecule has 0 bridgehead atoms. The molecule has 4 nitrogen and oxygen atoms in total. The molecular weight excluding hydrogens is 352 g/mol. The van der Waals surface area contributed by atoms with Gasteiger partial charge in [-0.05, 0) is 56.1 Å². The van der Waals surface area contributed by atoms with Crippen molar-refractivity contribution in [2.75, 3.05) is 0 Å². The van der Waals surface area contributed by atoms with Gasteiger partial charge in [0.1, 0.15) is 6.10 Å². The van der Waals surface area contributed by atoms with Crippen molar-refractivity contribution in [3.63, 3.8) is 0 Å². The highest BCUT2D eigenvalue weighted by atomic mass is 16.5. The predicted molar refractivity (Wildman–Crippen MR) is 110 cm³/mol. The second-order valence-corrected chi connectivity index (χ2v) is 9.49. The molecule has 0 heterocycles. The lowest BCUT2D eigenvalue weighted by atomic mass is 9.50. The zero-order valence-electron chi connectivity index (χ0n) is 17.5. The lowest BCUT2D eigenvalue weighted by Crippen LogP contribution is -2.64. The number of carbonyl (C=O) groups excluding carboxylic acids is 1. The summed E-state index contributed by atoms with van der Waals surface area (Å²) < 4.78 is 6.01. The number of aliphatic hydroxyl groups excluding tert-OH is 1. The Morgan fingerprint density at radius 3 is 2.50 bits per heavy atom. The van der Waals surface area contributed by atoms with Crippen LogP contribution in [0.2, 0.25) is 0 Å². The smallest absolute Gasteiger partial charge is 0.331 e. The summed E-state index contributed by atoms with van der Waals surface area (Å²) in [5.41, 5.74) is -0.468. The summed E-state index contributed by atoms with van der Waals surface area (Å²) >= 11 is 0. The quantitative estimate of drug-likeness (QED) is 0.601. The zero-order chi connectivity index (χ0) is 20.5. The number of aliphatic hydroxyl groups is 2. The van der Waals surface area contributed by atoms with Crippen molar-refractivity contribution < 1.29 is 19.7 Å². The fraction of sp³-hybridized carbons (Fsp3) is 0.625. The number of hydrogen-bond donors (Lipinski definition) is 2. The minimum Gasteiger partial charge on any atom is -0.458 e. The molecule has 2 aliphatic carbocycles. The van der Waals surface area contributed by atoms with E-state index in [-0.39, 0.29) is 17.8 Å². The Bertz CT molecular complexity index is 709. The van der Waals surface area contributed by atoms with Crippen LogP contribution in [0.1, 0.15) is 58.9 Å². The van der Waals surface area contributed by atoms with Crippen molar-refractivity contribution in [3.8, 4) is 0 Å². The summed E-state index contributed by atoms with van der Waals surface area (Å²) in [5.74, 6) is -0.169. The van der Waals surface area contributed by atoms with Crippen molar-refractivity contribution in [1.82, 2.24) is 0 Å². The van der Waals surface area contributed by atoms with Crippen LogP contribution in [0.5, 0.6) is 0 Å². The molecule has 1 aromatic carbocycles. The van der Waals surface area contributed by atoms with E-state index in [1.807, 2.05) is 44.2 Å². The molecule has 2 fully saturated rings. The molecule has 0 saturated heterocycles. The van der Waals surface area contributed by atoms with Crippen LogP contribution in [0.4, 0.5) is 0 Å². The van der Waals surface area contributed by atoms with Crippen LogP contribution < -0.4 is 0 Å². The Morgan fingerprint density at radius 1 is 1.18 bits per heavy atom. The van der Waals surface area contributed by atoms with Gasteiger partial charge in [-0.15, -0.1) is 0 Å². The van der Waals surface area contributed by atoms with Crippen LogP contribution >= 0.6 is 0 Å². The summed E-state index contributed by atoms with van der Waals surface area (Å²) in [6, 6.07) is 9.64. The molecule has 0 amide bonds. The van der Waals surface area contributed by atoms with Gasteiger partial charge >= 0.3 is 5.97 Å². The topological polar surface area (TPSA) is 66.8 Å². The molecule has 2 saturated carbocycles. The number of fused-ring (bicyclic) bond motifs is 1. The Morgan fingerprint density at radius 2 is 1.86 bits per heavy atom. The minimum atomic E-state index is -0.963. The lowest BCUT2D eigenvalue weighted by Gasteiger charge is -2.59. The Kier molecular flexibility index (Phi) is 6.02. The first kappa shape index (κ1) is 21.1. The van der Waals surface area contributed by atoms with E-state index in [9.17, 15) is 15.0 Å². The van der Waals surface area contributed by atoms with Gasteiger partial charge < -0.3 is 14.9 Å². The van der Waals surface area contributed by atoms with Crippen molar-refractivity contribution in [2.45, 2.75) is 71.2 Å². The van der Waals surface area contributed by atoms with Crippen LogP contribution in [0, 0.1) is 23.2 Å². The number of rotatable bonds is 4. The number of esters is 1. The first-order chi connectivity index (χ1) is 13.1. The molecule has 0 aromatic heterocycles. The number of ether oxygens (including phenoxy) is 1. The zero-order valence-corrected chi connectivity index (χ0v) is 17.5. The van der Waals surface area contributed by atoms with Gasteiger partial charge in [-0.2, -0.15) is 0 Å². The van der Waals surface area contributed by atoms with Gasteiger partial charge in [0.15, 0.2) is 0 Å². The molecule has 4 heteroatoms. The van der Waals surface area contributed by atoms with Crippen LogP contribution in [-0.4, -0.2) is 34.0 Å². The largest absolute Gasteiger partial charge is 0.458 e. The van der Waals surface area contributed by atoms with Gasteiger partial charge in [0.2, 0.25) is 0 Å². The van der Waals surface area contributed by atoms with Crippen molar-refractivity contribution >= 4 is 12.0 Å². The molecule has 0 unspecified atom stereocenters. The standard InChI is InChI=1S/C24H34O4/c1-16(2)18-12-14-23(3)19(25)13-15-24(4,27)22(23)21(18)28-20(26)11-10-17-8-6-5-7-9-17/h5-11,16,18-19,21-22,25,27H,12-15H2,1-4H3/b11-10+/t18-,19+,21+,22-,23-,24+/m0/s1. The van der Waals surface area contributed by atoms with Crippen LogP contribution in [-0.2, 0) is 9.53 Å². The van der Waals surface area contributed by atoms with Gasteiger partial charge in [0.05, 0.1) is 11.7 Å². The molecular formula is C24H34O4. The molecule has 0 radical (unpaired) electrons. The third kappa shape index (κ3) is 4.04. The van der Waals surface area contributed by atoms with Gasteiger partial charge in [0, 0.05) is 17.4 Å². The van der Waals surface area contributed by atoms with Crippen LogP contribution in [0.25, 0.3) is 6.08 Å². The molecule has 2 N–H and O–H groups in total. The van der Waals surface area contributed by atoms with Gasteiger partial charge in [0.25, 0.3) is 0 Å². The fourth-order valence-electron chi connectivity index (χ4n) is 5.54. The lowest BCUT2D eigenvalue weighted by molar-refractivity contribution is -0.228. The van der Waals surface area contributed by atoms with Crippen LogP contribution in [0.3, 0.4) is 0 Å². The second-order valence-electron chi connectivity index (χ2n) is 9.49. The van der Waals surface area contributed by atoms with Crippen molar-refractivity contribution in [3.05, 3.63) is 42.0 Å². The molecule has 3 rings (SSSR count). The predicted octanol–water partition coefficient (Wildman–Crippen LogP) is 4.21. The van der Waals surface area contributed by atoms with Gasteiger partial charge in [-0.25, -0.2) is 4.79 Å². The van der Waals surface area contributed by atoms with Crippen LogP contribution in [0.15, 0.2) is 36.4 Å². The molecule has 6 atom stereocenters. The monoisotopic (exact) mass is 386 g/mol. The average molecular weight is 387 g/mol. The second kappa shape index (κ2) is 8.00. The highest BCUT2D eigenvalue weighted by Gasteiger charge is 2.60. The van der Waals surface area contributed by atoms with E-state index >= 15 is 0 Å². The first-order valence-electron chi connectivity index (χ1n) is 10.5. The summed E-state index contributed by atoms with van der Waals surface area (Å²) in [4.78, 5) is 12.7. The highest BCUT2D eigenvalue weighted by Crippen LogP contribution is 2.57. The third-order valence-corrected chi connectivity index (χ3v) is 7.15. The molecule has 0 aliphatic heterocycles. The number of hydrogen-bond acceptors (Lipinski definition) is 4. The SMILES string of the molecule is CC(C)[C@@H]1CC[C@@]2(C)[C@H](O)CC[C@@](C)(O)[C@H]2[C@@H]1OC(=O)/C=C/c1ccccc1. The maximum absolute atomic E-state index is 12.7. The average Bonchev–Trinajstić information content (AvgIpc) is 2.64. The molecule has 28 heavy (non-hydrogen) atoms. The summed E-state index contributed by atoms with van der Waals surface area (Å²) in [6.45, 7) is 8.17. The van der Waals surface area contributed by atoms with E-state index in [4.69, 9.17) is 4.74 Å². The van der Waals surface area contributed by atoms with E-state index < -0.39 is 23.2 Å². The third-order valence-electron chi connectivity index (χ3n) is 7.15. The Balaban J connectivity index is 1.87. The van der Waals surface area contributed by atoms with Crippen molar-refractivity contribution in [1.29, 1.82) is 0 Å². The summed E-state index contributed by atoms with van der Waals surface area (Å²) in [5, 5.41) is 22.0. The number of benzene rings is 1. The first-order valence-corrected chi connectivity index (χ1v) is 10.5. The van der Waals surface area contributed by atoms with Gasteiger partial charge in [-0.1, -0.05) is 51.1 Å². The fourth-order valence-corrected chi connectivity index (χ4v) is 5.54. The highest BCUT2D eigenvalue weighted by molar-refractivity contribution is 5.87. The molecule has 2 aliphatic rings. The summed E-state index contributed by atoms with van der Waals surface area (Å²) in [6.07, 6.45) is 5.16. The van der Waals surface area contributed by atoms with E-state index in [1.54, 1.807) is 6.08 Å². The number of carbonyl (C=O) groups is 1. The maximum atomic E-state index is 12.7. The van der Waals surface area contributed by atoms with Crippen molar-refractivity contribution in [2.24, 2.45) is 23.2 Å². The minimum absolute atomic E-state index is 0.170. The van der Waals surface area contributed by atoms with E-state index in [1.165, 1.54) is 6.08 Å².